The molecule has 0 saturated heterocycles. The second-order valence-corrected chi connectivity index (χ2v) is 4.08. The summed E-state index contributed by atoms with van der Waals surface area (Å²) in [6, 6.07) is 8.18. The second kappa shape index (κ2) is 5.83. The van der Waals surface area contributed by atoms with Gasteiger partial charge in [0.15, 0.2) is 0 Å². The Hall–Kier alpha value is -2.89. The molecule has 0 aliphatic heterocycles. The molecule has 1 heterocycles. The van der Waals surface area contributed by atoms with Crippen LogP contribution in [0, 0.1) is 6.92 Å². The smallest absolute Gasteiger partial charge is 0.328 e. The lowest BCUT2D eigenvalue weighted by atomic mass is 10.1. The summed E-state index contributed by atoms with van der Waals surface area (Å²) in [5.41, 5.74) is 1.68. The van der Waals surface area contributed by atoms with E-state index in [2.05, 4.69) is 10.5 Å². The Morgan fingerprint density at radius 2 is 2.15 bits per heavy atom. The first-order valence-electron chi connectivity index (χ1n) is 5.80. The Bertz CT molecular complexity index is 673. The fraction of sp³-hybridized carbons (Fsp3) is 0.0714. The Morgan fingerprint density at radius 1 is 1.35 bits per heavy atom. The quantitative estimate of drug-likeness (QED) is 0.833. The number of rotatable bonds is 4. The summed E-state index contributed by atoms with van der Waals surface area (Å²) in [6.45, 7) is 1.75. The molecule has 1 aromatic carbocycles. The van der Waals surface area contributed by atoms with Crippen molar-refractivity contribution in [1.29, 1.82) is 0 Å². The van der Waals surface area contributed by atoms with Crippen LogP contribution < -0.4 is 5.32 Å². The maximum absolute atomic E-state index is 12.0. The molecule has 0 bridgehead atoms. The summed E-state index contributed by atoms with van der Waals surface area (Å²) < 4.78 is 4.89. The normalized spacial score (nSPS) is 10.7. The Kier molecular flexibility index (Phi) is 3.95. The van der Waals surface area contributed by atoms with E-state index in [9.17, 15) is 9.59 Å². The first-order valence-corrected chi connectivity index (χ1v) is 5.80. The number of amides is 1. The van der Waals surface area contributed by atoms with Crippen LogP contribution in [0.5, 0.6) is 0 Å². The van der Waals surface area contributed by atoms with Crippen molar-refractivity contribution in [2.45, 2.75) is 6.92 Å². The summed E-state index contributed by atoms with van der Waals surface area (Å²) in [5, 5.41) is 14.8. The topological polar surface area (TPSA) is 92.4 Å². The van der Waals surface area contributed by atoms with E-state index in [1.165, 1.54) is 6.08 Å². The first-order chi connectivity index (χ1) is 9.54. The SMILES string of the molecule is Cc1cc(NC(=O)c2cccc(C=CC(=O)O)c2)on1. The molecule has 6 nitrogen and oxygen atoms in total. The number of anilines is 1. The molecule has 0 spiro atoms. The fourth-order valence-corrected chi connectivity index (χ4v) is 1.56. The summed E-state index contributed by atoms with van der Waals surface area (Å²) in [7, 11) is 0. The van der Waals surface area contributed by atoms with Crippen molar-refractivity contribution in [2.24, 2.45) is 0 Å². The highest BCUT2D eigenvalue weighted by molar-refractivity contribution is 6.04. The van der Waals surface area contributed by atoms with Gasteiger partial charge < -0.3 is 9.63 Å². The Balaban J connectivity index is 2.14. The minimum Gasteiger partial charge on any atom is -0.478 e. The molecular weight excluding hydrogens is 260 g/mol. The van der Waals surface area contributed by atoms with E-state index >= 15 is 0 Å². The van der Waals surface area contributed by atoms with Gasteiger partial charge in [-0.1, -0.05) is 17.3 Å². The Labute approximate surface area is 114 Å². The molecule has 2 rings (SSSR count). The molecule has 0 radical (unpaired) electrons. The molecule has 1 amide bonds. The van der Waals surface area contributed by atoms with E-state index in [-0.39, 0.29) is 11.8 Å². The van der Waals surface area contributed by atoms with E-state index in [0.717, 1.165) is 6.08 Å². The molecule has 2 N–H and O–H groups in total. The van der Waals surface area contributed by atoms with E-state index in [1.807, 2.05) is 0 Å². The number of nitrogens with zero attached hydrogens (tertiary/aromatic N) is 1. The van der Waals surface area contributed by atoms with Gasteiger partial charge in [0.1, 0.15) is 0 Å². The summed E-state index contributed by atoms with van der Waals surface area (Å²) >= 11 is 0. The minimum atomic E-state index is -1.04. The van der Waals surface area contributed by atoms with Crippen LogP contribution in [-0.2, 0) is 4.79 Å². The number of carbonyl (C=O) groups excluding carboxylic acids is 1. The number of benzene rings is 1. The molecule has 20 heavy (non-hydrogen) atoms. The zero-order chi connectivity index (χ0) is 14.5. The second-order valence-electron chi connectivity index (χ2n) is 4.08. The molecule has 102 valence electrons. The molecule has 0 aliphatic rings. The zero-order valence-corrected chi connectivity index (χ0v) is 10.7. The van der Waals surface area contributed by atoms with Gasteiger partial charge in [0.25, 0.3) is 5.91 Å². The average Bonchev–Trinajstić information content (AvgIpc) is 2.82. The molecule has 0 atom stereocenters. The average molecular weight is 272 g/mol. The van der Waals surface area contributed by atoms with Crippen LogP contribution in [-0.4, -0.2) is 22.1 Å². The Morgan fingerprint density at radius 3 is 2.80 bits per heavy atom. The largest absolute Gasteiger partial charge is 0.478 e. The summed E-state index contributed by atoms with van der Waals surface area (Å²) in [4.78, 5) is 22.4. The van der Waals surface area contributed by atoms with Crippen molar-refractivity contribution in [1.82, 2.24) is 5.16 Å². The van der Waals surface area contributed by atoms with Crippen LogP contribution in [0.25, 0.3) is 6.08 Å². The summed E-state index contributed by atoms with van der Waals surface area (Å²) in [5.74, 6) is -1.14. The van der Waals surface area contributed by atoms with Crippen LogP contribution in [0.4, 0.5) is 5.88 Å². The number of hydrogen-bond acceptors (Lipinski definition) is 4. The third kappa shape index (κ3) is 3.55. The lowest BCUT2D eigenvalue weighted by molar-refractivity contribution is -0.131. The van der Waals surface area contributed by atoms with Gasteiger partial charge in [-0.2, -0.15) is 0 Å². The van der Waals surface area contributed by atoms with Crippen molar-refractivity contribution in [3.63, 3.8) is 0 Å². The lowest BCUT2D eigenvalue weighted by Gasteiger charge is -2.02. The lowest BCUT2D eigenvalue weighted by Crippen LogP contribution is -2.11. The highest BCUT2D eigenvalue weighted by Gasteiger charge is 2.09. The number of carboxylic acids is 1. The van der Waals surface area contributed by atoms with Crippen LogP contribution in [0.3, 0.4) is 0 Å². The van der Waals surface area contributed by atoms with E-state index in [1.54, 1.807) is 37.3 Å². The maximum atomic E-state index is 12.0. The van der Waals surface area contributed by atoms with Crippen molar-refractivity contribution < 1.29 is 19.2 Å². The fourth-order valence-electron chi connectivity index (χ4n) is 1.56. The van der Waals surface area contributed by atoms with Gasteiger partial charge in [0.05, 0.1) is 5.69 Å². The standard InChI is InChI=1S/C14H12N2O4/c1-9-7-12(20-16-9)15-14(19)11-4-2-3-10(8-11)5-6-13(17)18/h2-8H,1H3,(H,15,19)(H,17,18). The molecule has 6 heteroatoms. The molecule has 2 aromatic rings. The summed E-state index contributed by atoms with van der Waals surface area (Å²) in [6.07, 6.45) is 2.43. The van der Waals surface area contributed by atoms with Crippen molar-refractivity contribution >= 4 is 23.8 Å². The highest BCUT2D eigenvalue weighted by Crippen LogP contribution is 2.12. The van der Waals surface area contributed by atoms with Crippen LogP contribution in [0.15, 0.2) is 40.9 Å². The molecule has 0 aliphatic carbocycles. The number of carboxylic acid groups (broad SMARTS) is 1. The van der Waals surface area contributed by atoms with Crippen LogP contribution in [0.1, 0.15) is 21.6 Å². The van der Waals surface area contributed by atoms with Gasteiger partial charge in [0.2, 0.25) is 5.88 Å². The number of aromatic nitrogens is 1. The predicted octanol–water partition coefficient (Wildman–Crippen LogP) is 2.33. The van der Waals surface area contributed by atoms with Gasteiger partial charge in [-0.3, -0.25) is 10.1 Å². The van der Waals surface area contributed by atoms with Gasteiger partial charge in [-0.25, -0.2) is 4.79 Å². The number of carbonyl (C=O) groups is 2. The van der Waals surface area contributed by atoms with Crippen LogP contribution in [0.2, 0.25) is 0 Å². The predicted molar refractivity (Wildman–Crippen MR) is 72.3 cm³/mol. The molecule has 1 aromatic heterocycles. The number of nitrogens with one attached hydrogen (secondary N) is 1. The van der Waals surface area contributed by atoms with Gasteiger partial charge in [-0.05, 0) is 30.7 Å². The first kappa shape index (κ1) is 13.5. The monoisotopic (exact) mass is 272 g/mol. The van der Waals surface area contributed by atoms with E-state index in [4.69, 9.17) is 9.63 Å². The maximum Gasteiger partial charge on any atom is 0.328 e. The third-order valence-electron chi connectivity index (χ3n) is 2.43. The van der Waals surface area contributed by atoms with E-state index in [0.29, 0.717) is 16.8 Å². The van der Waals surface area contributed by atoms with E-state index < -0.39 is 5.97 Å². The number of aryl methyl sites for hydroxylation is 1. The third-order valence-corrected chi connectivity index (χ3v) is 2.43. The van der Waals surface area contributed by atoms with Crippen LogP contribution >= 0.6 is 0 Å². The molecule has 0 saturated carbocycles. The molecular formula is C14H12N2O4. The van der Waals surface area contributed by atoms with Gasteiger partial charge in [-0.15, -0.1) is 0 Å². The zero-order valence-electron chi connectivity index (χ0n) is 10.7. The highest BCUT2D eigenvalue weighted by atomic mass is 16.5. The number of hydrogen-bond donors (Lipinski definition) is 2. The van der Waals surface area contributed by atoms with Crippen molar-refractivity contribution in [3.05, 3.63) is 53.2 Å². The van der Waals surface area contributed by atoms with Gasteiger partial charge in [0, 0.05) is 17.7 Å². The van der Waals surface area contributed by atoms with Gasteiger partial charge >= 0.3 is 5.97 Å². The van der Waals surface area contributed by atoms with Crippen molar-refractivity contribution in [3.8, 4) is 0 Å². The van der Waals surface area contributed by atoms with Crippen molar-refractivity contribution in [2.75, 3.05) is 5.32 Å². The number of aliphatic carboxylic acids is 1. The molecule has 0 unspecified atom stereocenters. The molecule has 0 fully saturated rings. The minimum absolute atomic E-state index is 0.263.